The third-order valence-electron chi connectivity index (χ3n) is 3.36. The second-order valence-electron chi connectivity index (χ2n) is 5.04. The van der Waals surface area contributed by atoms with Crippen LogP contribution in [0.3, 0.4) is 0 Å². The van der Waals surface area contributed by atoms with Crippen molar-refractivity contribution in [3.05, 3.63) is 71.3 Å². The molecule has 0 saturated heterocycles. The Balaban J connectivity index is 1.80. The lowest BCUT2D eigenvalue weighted by molar-refractivity contribution is 0.498. The van der Waals surface area contributed by atoms with Crippen molar-refractivity contribution in [2.45, 2.75) is 32.4 Å². The maximum Gasteiger partial charge on any atom is 0.127 e. The molecule has 1 N–H and O–H groups in total. The lowest BCUT2D eigenvalue weighted by atomic mass is 10.1. The summed E-state index contributed by atoms with van der Waals surface area (Å²) in [6.45, 7) is 2.40. The monoisotopic (exact) mass is 275 g/mol. The van der Waals surface area contributed by atoms with Crippen LogP contribution in [-0.4, -0.2) is 6.04 Å². The second kappa shape index (κ2) is 7.15. The molecule has 0 saturated carbocycles. The van der Waals surface area contributed by atoms with Gasteiger partial charge >= 0.3 is 0 Å². The molecule has 20 heavy (non-hydrogen) atoms. The maximum absolute atomic E-state index is 13.5. The Morgan fingerprint density at radius 3 is 2.55 bits per heavy atom. The summed E-state index contributed by atoms with van der Waals surface area (Å²) in [5.41, 5.74) is 1.66. The molecule has 0 aliphatic rings. The molecule has 1 atom stereocenters. The van der Waals surface area contributed by atoms with Crippen LogP contribution >= 0.6 is 0 Å². The predicted octanol–water partition coefficient (Wildman–Crippen LogP) is 4.08. The Hall–Kier alpha value is -1.74. The van der Waals surface area contributed by atoms with Gasteiger partial charge in [-0.15, -0.1) is 0 Å². The molecule has 3 heteroatoms. The molecular weight excluding hydrogens is 256 g/mol. The number of halogens is 2. The van der Waals surface area contributed by atoms with Gasteiger partial charge < -0.3 is 5.32 Å². The Kier molecular flexibility index (Phi) is 5.24. The molecule has 1 nitrogen and oxygen atoms in total. The first-order chi connectivity index (χ1) is 9.65. The van der Waals surface area contributed by atoms with Gasteiger partial charge in [-0.25, -0.2) is 8.78 Å². The van der Waals surface area contributed by atoms with E-state index in [1.165, 1.54) is 17.7 Å². The highest BCUT2D eigenvalue weighted by Gasteiger charge is 2.06. The van der Waals surface area contributed by atoms with Gasteiger partial charge in [0, 0.05) is 18.2 Å². The van der Waals surface area contributed by atoms with E-state index in [1.807, 2.05) is 18.2 Å². The van der Waals surface area contributed by atoms with E-state index in [0.717, 1.165) is 18.9 Å². The number of aryl methyl sites for hydroxylation is 1. The van der Waals surface area contributed by atoms with Gasteiger partial charge in [0.2, 0.25) is 0 Å². The summed E-state index contributed by atoms with van der Waals surface area (Å²) in [4.78, 5) is 0. The number of benzene rings is 2. The third kappa shape index (κ3) is 4.42. The summed E-state index contributed by atoms with van der Waals surface area (Å²) < 4.78 is 26.5. The van der Waals surface area contributed by atoms with Crippen LogP contribution in [0, 0.1) is 11.6 Å². The standard InChI is InChI=1S/C17H19F2N/c1-13(7-8-14-5-3-2-4-6-14)20-12-15-11-16(18)9-10-17(15)19/h2-6,9-11,13,20H,7-8,12H2,1H3. The van der Waals surface area contributed by atoms with Crippen LogP contribution in [0.25, 0.3) is 0 Å². The Morgan fingerprint density at radius 2 is 1.80 bits per heavy atom. The van der Waals surface area contributed by atoms with E-state index in [-0.39, 0.29) is 11.9 Å². The smallest absolute Gasteiger partial charge is 0.127 e. The highest BCUT2D eigenvalue weighted by atomic mass is 19.1. The van der Waals surface area contributed by atoms with Crippen molar-refractivity contribution in [3.63, 3.8) is 0 Å². The zero-order valence-electron chi connectivity index (χ0n) is 11.6. The Morgan fingerprint density at radius 1 is 1.05 bits per heavy atom. The number of rotatable bonds is 6. The van der Waals surface area contributed by atoms with E-state index in [1.54, 1.807) is 0 Å². The van der Waals surface area contributed by atoms with Crippen molar-refractivity contribution in [1.82, 2.24) is 5.32 Å². The average molecular weight is 275 g/mol. The van der Waals surface area contributed by atoms with Gasteiger partial charge in [-0.1, -0.05) is 30.3 Å². The van der Waals surface area contributed by atoms with Gasteiger partial charge in [0.05, 0.1) is 0 Å². The second-order valence-corrected chi connectivity index (χ2v) is 5.04. The molecule has 0 fully saturated rings. The molecule has 0 amide bonds. The minimum Gasteiger partial charge on any atom is -0.310 e. The molecule has 1 unspecified atom stereocenters. The number of nitrogens with one attached hydrogen (secondary N) is 1. The zero-order valence-corrected chi connectivity index (χ0v) is 11.6. The summed E-state index contributed by atoms with van der Waals surface area (Å²) in [5.74, 6) is -0.769. The summed E-state index contributed by atoms with van der Waals surface area (Å²) in [7, 11) is 0. The molecule has 0 aromatic heterocycles. The van der Waals surface area contributed by atoms with Crippen LogP contribution in [0.4, 0.5) is 8.78 Å². The number of hydrogen-bond acceptors (Lipinski definition) is 1. The summed E-state index contributed by atoms with van der Waals surface area (Å²) in [6, 6.07) is 14.0. The first kappa shape index (κ1) is 14.7. The van der Waals surface area contributed by atoms with Crippen molar-refractivity contribution >= 4 is 0 Å². The van der Waals surface area contributed by atoms with Crippen molar-refractivity contribution in [3.8, 4) is 0 Å². The molecular formula is C17H19F2N. The maximum atomic E-state index is 13.5. The van der Waals surface area contributed by atoms with Crippen molar-refractivity contribution in [1.29, 1.82) is 0 Å². The lowest BCUT2D eigenvalue weighted by Gasteiger charge is -2.14. The van der Waals surface area contributed by atoms with Crippen LogP contribution in [0.15, 0.2) is 48.5 Å². The van der Waals surface area contributed by atoms with E-state index >= 15 is 0 Å². The highest BCUT2D eigenvalue weighted by molar-refractivity contribution is 5.18. The summed E-state index contributed by atoms with van der Waals surface area (Å²) in [6.07, 6.45) is 1.93. The van der Waals surface area contributed by atoms with E-state index in [0.29, 0.717) is 12.1 Å². The molecule has 0 aliphatic heterocycles. The normalized spacial score (nSPS) is 12.3. The molecule has 0 radical (unpaired) electrons. The van der Waals surface area contributed by atoms with Crippen LogP contribution in [0.1, 0.15) is 24.5 Å². The quantitative estimate of drug-likeness (QED) is 0.837. The van der Waals surface area contributed by atoms with Crippen LogP contribution < -0.4 is 5.32 Å². The van der Waals surface area contributed by atoms with E-state index < -0.39 is 5.82 Å². The van der Waals surface area contributed by atoms with Crippen LogP contribution in [0.5, 0.6) is 0 Å². The molecule has 0 bridgehead atoms. The molecule has 106 valence electrons. The zero-order chi connectivity index (χ0) is 14.4. The van der Waals surface area contributed by atoms with Crippen molar-refractivity contribution < 1.29 is 8.78 Å². The first-order valence-corrected chi connectivity index (χ1v) is 6.86. The molecule has 0 aliphatic carbocycles. The predicted molar refractivity (Wildman–Crippen MR) is 77.4 cm³/mol. The topological polar surface area (TPSA) is 12.0 Å². The lowest BCUT2D eigenvalue weighted by Crippen LogP contribution is -2.26. The first-order valence-electron chi connectivity index (χ1n) is 6.86. The van der Waals surface area contributed by atoms with Gasteiger partial charge in [0.25, 0.3) is 0 Å². The minimum absolute atomic E-state index is 0.248. The van der Waals surface area contributed by atoms with Crippen molar-refractivity contribution in [2.75, 3.05) is 0 Å². The fraction of sp³-hybridized carbons (Fsp3) is 0.294. The highest BCUT2D eigenvalue weighted by Crippen LogP contribution is 2.10. The van der Waals surface area contributed by atoms with Gasteiger partial charge in [-0.3, -0.25) is 0 Å². The third-order valence-corrected chi connectivity index (χ3v) is 3.36. The van der Waals surface area contributed by atoms with E-state index in [9.17, 15) is 8.78 Å². The fourth-order valence-electron chi connectivity index (χ4n) is 2.09. The summed E-state index contributed by atoms with van der Waals surface area (Å²) in [5, 5.41) is 3.23. The Labute approximate surface area is 118 Å². The van der Waals surface area contributed by atoms with Crippen LogP contribution in [0.2, 0.25) is 0 Å². The largest absolute Gasteiger partial charge is 0.310 e. The average Bonchev–Trinajstić information content (AvgIpc) is 2.47. The van der Waals surface area contributed by atoms with E-state index in [4.69, 9.17) is 0 Å². The molecule has 2 aromatic carbocycles. The van der Waals surface area contributed by atoms with Gasteiger partial charge in [0.1, 0.15) is 11.6 Å². The van der Waals surface area contributed by atoms with E-state index in [2.05, 4.69) is 24.4 Å². The van der Waals surface area contributed by atoms with Crippen LogP contribution in [-0.2, 0) is 13.0 Å². The fourth-order valence-corrected chi connectivity index (χ4v) is 2.09. The Bertz CT molecular complexity index is 540. The summed E-state index contributed by atoms with van der Waals surface area (Å²) >= 11 is 0. The van der Waals surface area contributed by atoms with Crippen molar-refractivity contribution in [2.24, 2.45) is 0 Å². The van der Waals surface area contributed by atoms with Gasteiger partial charge in [0.15, 0.2) is 0 Å². The SMILES string of the molecule is CC(CCc1ccccc1)NCc1cc(F)ccc1F. The number of hydrogen-bond donors (Lipinski definition) is 1. The molecule has 0 heterocycles. The molecule has 2 rings (SSSR count). The minimum atomic E-state index is -0.403. The van der Waals surface area contributed by atoms with Gasteiger partial charge in [-0.2, -0.15) is 0 Å². The molecule has 0 spiro atoms. The molecule has 2 aromatic rings. The van der Waals surface area contributed by atoms with Gasteiger partial charge in [-0.05, 0) is 43.5 Å².